The third-order valence-electron chi connectivity index (χ3n) is 3.48. The maximum absolute atomic E-state index is 11.7. The number of unbranched alkanes of at least 4 members (excludes halogenated alkanes) is 3. The van der Waals surface area contributed by atoms with Gasteiger partial charge in [-0.15, -0.1) is 24.0 Å². The lowest BCUT2D eigenvalue weighted by Gasteiger charge is -2.20. The largest absolute Gasteiger partial charge is 0.355 e. The van der Waals surface area contributed by atoms with Crippen LogP contribution in [0.15, 0.2) is 4.99 Å². The number of nitrogens with one attached hydrogen (secondary N) is 3. The smallest absolute Gasteiger partial charge is 0.225 e. The molecule has 0 aromatic rings. The van der Waals surface area contributed by atoms with E-state index in [0.717, 1.165) is 12.4 Å². The molecule has 0 aliphatic rings. The summed E-state index contributed by atoms with van der Waals surface area (Å²) in [6, 6.07) is 0.409. The van der Waals surface area contributed by atoms with Crippen molar-refractivity contribution in [3.8, 4) is 0 Å². The molecule has 0 spiro atoms. The minimum Gasteiger partial charge on any atom is -0.355 e. The van der Waals surface area contributed by atoms with Crippen LogP contribution in [0.4, 0.5) is 0 Å². The highest BCUT2D eigenvalue weighted by Gasteiger charge is 2.20. The Labute approximate surface area is 159 Å². The summed E-state index contributed by atoms with van der Waals surface area (Å²) in [6.07, 6.45) is 6.29. The molecule has 0 aliphatic heterocycles. The number of carbonyl (C=O) groups is 1. The van der Waals surface area contributed by atoms with E-state index in [-0.39, 0.29) is 35.3 Å². The lowest BCUT2D eigenvalue weighted by atomic mass is 9.96. The van der Waals surface area contributed by atoms with Crippen LogP contribution in [0.3, 0.4) is 0 Å². The predicted octanol–water partition coefficient (Wildman–Crippen LogP) is 3.29. The van der Waals surface area contributed by atoms with Crippen molar-refractivity contribution in [2.24, 2.45) is 10.4 Å². The summed E-state index contributed by atoms with van der Waals surface area (Å²) in [7, 11) is 1.77. The lowest BCUT2D eigenvalue weighted by molar-refractivity contribution is -0.128. The van der Waals surface area contributed by atoms with Crippen molar-refractivity contribution < 1.29 is 4.79 Å². The molecule has 0 heterocycles. The van der Waals surface area contributed by atoms with Crippen LogP contribution in [0.5, 0.6) is 0 Å². The van der Waals surface area contributed by atoms with Crippen LogP contribution in [-0.2, 0) is 4.79 Å². The number of hydrogen-bond donors (Lipinski definition) is 3. The first-order valence-corrected chi connectivity index (χ1v) is 8.56. The van der Waals surface area contributed by atoms with Crippen molar-refractivity contribution in [2.75, 3.05) is 20.1 Å². The molecule has 0 rings (SSSR count). The Hall–Kier alpha value is -0.530. The number of hydrogen-bond acceptors (Lipinski definition) is 2. The molecule has 0 fully saturated rings. The fraction of sp³-hybridized carbons (Fsp3) is 0.882. The summed E-state index contributed by atoms with van der Waals surface area (Å²) in [4.78, 5) is 16.0. The van der Waals surface area contributed by atoms with E-state index in [1.807, 2.05) is 20.8 Å². The lowest BCUT2D eigenvalue weighted by Crippen LogP contribution is -2.45. The molecule has 138 valence electrons. The quantitative estimate of drug-likeness (QED) is 0.223. The van der Waals surface area contributed by atoms with Crippen molar-refractivity contribution in [3.05, 3.63) is 0 Å². The molecule has 0 saturated carbocycles. The standard InChI is InChI=1S/C17H36N4O.HI/c1-7-8-9-10-11-14(2)21-16(18-6)20-13-12-19-15(22)17(3,4)5;/h14H,7-13H2,1-6H3,(H,19,22)(H2,18,20,21);1H. The highest BCUT2D eigenvalue weighted by molar-refractivity contribution is 14.0. The summed E-state index contributed by atoms with van der Waals surface area (Å²) in [5.41, 5.74) is -0.340. The Balaban J connectivity index is 0. The summed E-state index contributed by atoms with van der Waals surface area (Å²) in [5, 5.41) is 9.54. The molecule has 1 amide bonds. The van der Waals surface area contributed by atoms with Crippen LogP contribution >= 0.6 is 24.0 Å². The van der Waals surface area contributed by atoms with Gasteiger partial charge in [-0.05, 0) is 13.3 Å². The molecule has 3 N–H and O–H groups in total. The van der Waals surface area contributed by atoms with E-state index in [4.69, 9.17) is 0 Å². The Kier molecular flexibility index (Phi) is 14.9. The van der Waals surface area contributed by atoms with Crippen molar-refractivity contribution in [2.45, 2.75) is 72.8 Å². The van der Waals surface area contributed by atoms with Crippen molar-refractivity contribution in [1.29, 1.82) is 0 Å². The van der Waals surface area contributed by atoms with Gasteiger partial charge in [0.2, 0.25) is 5.91 Å². The number of guanidine groups is 1. The van der Waals surface area contributed by atoms with Crippen LogP contribution in [0.2, 0.25) is 0 Å². The molecule has 0 aromatic heterocycles. The summed E-state index contributed by atoms with van der Waals surface area (Å²) < 4.78 is 0. The Morgan fingerprint density at radius 3 is 2.22 bits per heavy atom. The molecule has 1 unspecified atom stereocenters. The number of nitrogens with zero attached hydrogens (tertiary/aromatic N) is 1. The zero-order chi connectivity index (χ0) is 17.0. The van der Waals surface area contributed by atoms with E-state index >= 15 is 0 Å². The van der Waals surface area contributed by atoms with Crippen LogP contribution in [-0.4, -0.2) is 38.0 Å². The highest BCUT2D eigenvalue weighted by atomic mass is 127. The second-order valence-corrected chi connectivity index (χ2v) is 6.90. The summed E-state index contributed by atoms with van der Waals surface area (Å²) in [6.45, 7) is 11.4. The third-order valence-corrected chi connectivity index (χ3v) is 3.48. The molecule has 0 aliphatic carbocycles. The average Bonchev–Trinajstić information content (AvgIpc) is 2.45. The van der Waals surface area contributed by atoms with Crippen LogP contribution in [0.1, 0.15) is 66.7 Å². The topological polar surface area (TPSA) is 65.5 Å². The number of amides is 1. The van der Waals surface area contributed by atoms with E-state index in [1.54, 1.807) is 7.05 Å². The van der Waals surface area contributed by atoms with Gasteiger partial charge in [-0.2, -0.15) is 0 Å². The van der Waals surface area contributed by atoms with E-state index < -0.39 is 0 Å². The van der Waals surface area contributed by atoms with Gasteiger partial charge in [-0.3, -0.25) is 9.79 Å². The number of carbonyl (C=O) groups excluding carboxylic acids is 1. The molecule has 0 saturated heterocycles. The maximum atomic E-state index is 11.7. The monoisotopic (exact) mass is 440 g/mol. The Bertz CT molecular complexity index is 340. The Morgan fingerprint density at radius 1 is 1.09 bits per heavy atom. The van der Waals surface area contributed by atoms with Gasteiger partial charge in [0.25, 0.3) is 0 Å². The molecule has 6 heteroatoms. The van der Waals surface area contributed by atoms with E-state index in [0.29, 0.717) is 19.1 Å². The normalized spacial score (nSPS) is 13.0. The fourth-order valence-corrected chi connectivity index (χ4v) is 2.00. The first-order valence-electron chi connectivity index (χ1n) is 8.56. The van der Waals surface area contributed by atoms with Gasteiger partial charge in [0.15, 0.2) is 5.96 Å². The zero-order valence-corrected chi connectivity index (χ0v) is 18.1. The summed E-state index contributed by atoms with van der Waals surface area (Å²) >= 11 is 0. The zero-order valence-electron chi connectivity index (χ0n) is 15.8. The second-order valence-electron chi connectivity index (χ2n) is 6.90. The van der Waals surface area contributed by atoms with Crippen LogP contribution < -0.4 is 16.0 Å². The molecular weight excluding hydrogens is 403 g/mol. The molecule has 0 aromatic carbocycles. The fourth-order valence-electron chi connectivity index (χ4n) is 2.00. The summed E-state index contributed by atoms with van der Waals surface area (Å²) in [5.74, 6) is 0.870. The molecular formula is C17H37IN4O. The van der Waals surface area contributed by atoms with Gasteiger partial charge in [0.1, 0.15) is 0 Å². The van der Waals surface area contributed by atoms with Gasteiger partial charge < -0.3 is 16.0 Å². The molecule has 1 atom stereocenters. The van der Waals surface area contributed by atoms with Gasteiger partial charge in [0.05, 0.1) is 0 Å². The minimum absolute atomic E-state index is 0. The molecule has 23 heavy (non-hydrogen) atoms. The molecule has 0 bridgehead atoms. The number of aliphatic imine (C=N–C) groups is 1. The van der Waals surface area contributed by atoms with E-state index in [2.05, 4.69) is 34.8 Å². The maximum Gasteiger partial charge on any atom is 0.225 e. The average molecular weight is 440 g/mol. The third kappa shape index (κ3) is 13.6. The van der Waals surface area contributed by atoms with Gasteiger partial charge in [-0.1, -0.05) is 53.4 Å². The van der Waals surface area contributed by atoms with Crippen LogP contribution in [0, 0.1) is 5.41 Å². The minimum atomic E-state index is -0.340. The van der Waals surface area contributed by atoms with Gasteiger partial charge >= 0.3 is 0 Å². The first-order chi connectivity index (χ1) is 10.3. The van der Waals surface area contributed by atoms with Gasteiger partial charge in [-0.25, -0.2) is 0 Å². The van der Waals surface area contributed by atoms with Crippen LogP contribution in [0.25, 0.3) is 0 Å². The second kappa shape index (κ2) is 13.9. The molecule has 0 radical (unpaired) electrons. The predicted molar refractivity (Wildman–Crippen MR) is 111 cm³/mol. The van der Waals surface area contributed by atoms with Crippen molar-refractivity contribution in [1.82, 2.24) is 16.0 Å². The van der Waals surface area contributed by atoms with E-state index in [1.165, 1.54) is 25.7 Å². The van der Waals surface area contributed by atoms with E-state index in [9.17, 15) is 4.79 Å². The highest BCUT2D eigenvalue weighted by Crippen LogP contribution is 2.11. The van der Waals surface area contributed by atoms with Crippen molar-refractivity contribution >= 4 is 35.8 Å². The SMILES string of the molecule is CCCCCCC(C)NC(=NC)NCCNC(=O)C(C)(C)C.I. The number of rotatable bonds is 9. The number of halogens is 1. The first kappa shape index (κ1) is 24.7. The molecule has 5 nitrogen and oxygen atoms in total. The van der Waals surface area contributed by atoms with Crippen molar-refractivity contribution in [3.63, 3.8) is 0 Å². The van der Waals surface area contributed by atoms with Gasteiger partial charge in [0, 0.05) is 31.6 Å². The Morgan fingerprint density at radius 2 is 1.70 bits per heavy atom.